The summed E-state index contributed by atoms with van der Waals surface area (Å²) in [6, 6.07) is 10.4. The molecule has 0 N–H and O–H groups in total. The Labute approximate surface area is 153 Å². The van der Waals surface area contributed by atoms with Crippen molar-refractivity contribution < 1.29 is 21.6 Å². The maximum absolute atomic E-state index is 12.6. The van der Waals surface area contributed by atoms with Crippen LogP contribution in [0.2, 0.25) is 0 Å². The molecular formula is C18H15F3N2O3S. The first-order valence-corrected chi connectivity index (χ1v) is 9.29. The van der Waals surface area contributed by atoms with Crippen molar-refractivity contribution in [2.24, 2.45) is 0 Å². The zero-order valence-electron chi connectivity index (χ0n) is 14.1. The van der Waals surface area contributed by atoms with Crippen LogP contribution in [0.15, 0.2) is 70.6 Å². The number of alkyl halides is 3. The van der Waals surface area contributed by atoms with Crippen LogP contribution in [0.1, 0.15) is 16.7 Å². The van der Waals surface area contributed by atoms with Gasteiger partial charge >= 0.3 is 11.9 Å². The van der Waals surface area contributed by atoms with Gasteiger partial charge in [-0.3, -0.25) is 4.57 Å². The molecule has 0 unspecified atom stereocenters. The van der Waals surface area contributed by atoms with Crippen LogP contribution in [0, 0.1) is 6.92 Å². The molecular weight excluding hydrogens is 381 g/mol. The van der Waals surface area contributed by atoms with Crippen LogP contribution in [0.5, 0.6) is 0 Å². The van der Waals surface area contributed by atoms with Gasteiger partial charge in [0.15, 0.2) is 0 Å². The maximum Gasteiger partial charge on any atom is 0.416 e. The zero-order valence-corrected chi connectivity index (χ0v) is 15.0. The third kappa shape index (κ3) is 3.82. The van der Waals surface area contributed by atoms with E-state index in [-0.39, 0.29) is 11.4 Å². The fourth-order valence-corrected chi connectivity index (χ4v) is 3.75. The summed E-state index contributed by atoms with van der Waals surface area (Å²) in [4.78, 5) is 12.4. The van der Waals surface area contributed by atoms with E-state index in [4.69, 9.17) is 0 Å². The number of aryl methyl sites for hydroxylation is 1. The summed E-state index contributed by atoms with van der Waals surface area (Å²) in [5.41, 5.74) is -0.273. The molecule has 0 saturated heterocycles. The van der Waals surface area contributed by atoms with Crippen LogP contribution < -0.4 is 5.69 Å². The smallest absolute Gasteiger partial charge is 0.294 e. The fraction of sp³-hybridized carbons (Fsp3) is 0.167. The average molecular weight is 396 g/mol. The highest BCUT2D eigenvalue weighted by Crippen LogP contribution is 2.29. The lowest BCUT2D eigenvalue weighted by molar-refractivity contribution is -0.137. The van der Waals surface area contributed by atoms with Crippen LogP contribution in [-0.2, 0) is 22.7 Å². The molecule has 0 spiro atoms. The van der Waals surface area contributed by atoms with Crippen LogP contribution in [0.3, 0.4) is 0 Å². The lowest BCUT2D eigenvalue weighted by Gasteiger charge is -2.08. The van der Waals surface area contributed by atoms with E-state index in [0.29, 0.717) is 9.54 Å². The second-order valence-electron chi connectivity index (χ2n) is 6.02. The Morgan fingerprint density at radius 3 is 2.07 bits per heavy atom. The van der Waals surface area contributed by atoms with Crippen LogP contribution >= 0.6 is 0 Å². The second kappa shape index (κ2) is 6.73. The lowest BCUT2D eigenvalue weighted by atomic mass is 10.1. The first kappa shape index (κ1) is 19.0. The van der Waals surface area contributed by atoms with Crippen molar-refractivity contribution in [3.63, 3.8) is 0 Å². The molecule has 3 rings (SSSR count). The molecule has 142 valence electrons. The van der Waals surface area contributed by atoms with Gasteiger partial charge in [0.1, 0.15) is 0 Å². The topological polar surface area (TPSA) is 61.1 Å². The Kier molecular flexibility index (Phi) is 4.73. The predicted octanol–water partition coefficient (Wildman–Crippen LogP) is 3.26. The van der Waals surface area contributed by atoms with Crippen molar-refractivity contribution in [2.75, 3.05) is 0 Å². The summed E-state index contributed by atoms with van der Waals surface area (Å²) in [5.74, 6) is 0. The summed E-state index contributed by atoms with van der Waals surface area (Å²) in [5, 5.41) is 0. The quantitative estimate of drug-likeness (QED) is 0.680. The number of nitrogens with zero attached hydrogens (tertiary/aromatic N) is 2. The predicted molar refractivity (Wildman–Crippen MR) is 93.0 cm³/mol. The van der Waals surface area contributed by atoms with Crippen molar-refractivity contribution in [1.29, 1.82) is 0 Å². The molecule has 0 aliphatic carbocycles. The number of imidazole rings is 1. The zero-order chi connectivity index (χ0) is 19.8. The summed E-state index contributed by atoms with van der Waals surface area (Å²) in [7, 11) is -4.05. The molecule has 2 aromatic carbocycles. The van der Waals surface area contributed by atoms with Gasteiger partial charge in [-0.1, -0.05) is 29.8 Å². The van der Waals surface area contributed by atoms with Gasteiger partial charge < -0.3 is 0 Å². The van der Waals surface area contributed by atoms with E-state index in [1.807, 2.05) is 6.92 Å². The van der Waals surface area contributed by atoms with E-state index in [2.05, 4.69) is 0 Å². The normalized spacial score (nSPS) is 12.3. The lowest BCUT2D eigenvalue weighted by Crippen LogP contribution is -2.29. The summed E-state index contributed by atoms with van der Waals surface area (Å²) < 4.78 is 64.8. The molecule has 5 nitrogen and oxygen atoms in total. The molecule has 0 saturated carbocycles. The second-order valence-corrected chi connectivity index (χ2v) is 7.83. The SMILES string of the molecule is Cc1ccc(S(=O)(=O)n2ccn(Cc3ccc(C(F)(F)F)cc3)c2=O)cc1. The first-order chi connectivity index (χ1) is 12.6. The van der Waals surface area contributed by atoms with Gasteiger partial charge in [0, 0.05) is 12.4 Å². The van der Waals surface area contributed by atoms with Gasteiger partial charge in [0.05, 0.1) is 17.0 Å². The molecule has 0 atom stereocenters. The summed E-state index contributed by atoms with van der Waals surface area (Å²) >= 11 is 0. The van der Waals surface area contributed by atoms with Crippen molar-refractivity contribution in [3.05, 3.63) is 88.1 Å². The number of aromatic nitrogens is 2. The molecule has 1 aromatic heterocycles. The molecule has 27 heavy (non-hydrogen) atoms. The minimum absolute atomic E-state index is 0.0255. The van der Waals surface area contributed by atoms with Gasteiger partial charge in [-0.05, 0) is 36.8 Å². The Morgan fingerprint density at radius 2 is 1.52 bits per heavy atom. The molecule has 0 aliphatic rings. The highest BCUT2D eigenvalue weighted by atomic mass is 32.2. The highest BCUT2D eigenvalue weighted by molar-refractivity contribution is 7.90. The maximum atomic E-state index is 12.6. The minimum Gasteiger partial charge on any atom is -0.294 e. The van der Waals surface area contributed by atoms with Crippen LogP contribution in [-0.4, -0.2) is 17.0 Å². The van der Waals surface area contributed by atoms with E-state index in [1.165, 1.54) is 30.5 Å². The van der Waals surface area contributed by atoms with Crippen molar-refractivity contribution in [1.82, 2.24) is 8.54 Å². The van der Waals surface area contributed by atoms with Gasteiger partial charge in [0.2, 0.25) is 0 Å². The molecule has 0 radical (unpaired) electrons. The standard InChI is InChI=1S/C18H15F3N2O3S/c1-13-2-8-16(9-3-13)27(25,26)23-11-10-22(17(23)24)12-14-4-6-15(7-5-14)18(19,20)21/h2-11H,12H2,1H3. The molecule has 0 amide bonds. The molecule has 0 bridgehead atoms. The number of halogens is 3. The van der Waals surface area contributed by atoms with Crippen LogP contribution in [0.4, 0.5) is 13.2 Å². The Hall–Kier alpha value is -2.81. The van der Waals surface area contributed by atoms with Gasteiger partial charge in [-0.2, -0.15) is 17.1 Å². The number of benzene rings is 2. The summed E-state index contributed by atoms with van der Waals surface area (Å²) in [6.07, 6.45) is -2.03. The molecule has 9 heteroatoms. The summed E-state index contributed by atoms with van der Waals surface area (Å²) in [6.45, 7) is 1.76. The van der Waals surface area contributed by atoms with E-state index >= 15 is 0 Å². The van der Waals surface area contributed by atoms with Crippen molar-refractivity contribution in [2.45, 2.75) is 24.5 Å². The molecule has 0 aliphatic heterocycles. The van der Waals surface area contributed by atoms with E-state index in [0.717, 1.165) is 28.5 Å². The highest BCUT2D eigenvalue weighted by Gasteiger charge is 2.30. The Balaban J connectivity index is 1.89. The van der Waals surface area contributed by atoms with E-state index in [9.17, 15) is 26.4 Å². The molecule has 1 heterocycles. The monoisotopic (exact) mass is 396 g/mol. The largest absolute Gasteiger partial charge is 0.416 e. The van der Waals surface area contributed by atoms with Gasteiger partial charge in [0.25, 0.3) is 10.0 Å². The third-order valence-electron chi connectivity index (χ3n) is 4.03. The average Bonchev–Trinajstić information content (AvgIpc) is 2.96. The molecule has 0 fully saturated rings. The van der Waals surface area contributed by atoms with E-state index < -0.39 is 27.5 Å². The molecule has 3 aromatic rings. The van der Waals surface area contributed by atoms with Crippen molar-refractivity contribution >= 4 is 10.0 Å². The number of rotatable bonds is 4. The third-order valence-corrected chi connectivity index (χ3v) is 5.69. The Bertz CT molecular complexity index is 1110. The number of hydrogen-bond acceptors (Lipinski definition) is 3. The first-order valence-electron chi connectivity index (χ1n) is 7.85. The minimum atomic E-state index is -4.44. The van der Waals surface area contributed by atoms with E-state index in [1.54, 1.807) is 12.1 Å². The van der Waals surface area contributed by atoms with Crippen molar-refractivity contribution in [3.8, 4) is 0 Å². The van der Waals surface area contributed by atoms with Gasteiger partial charge in [-0.15, -0.1) is 0 Å². The Morgan fingerprint density at radius 1 is 0.926 bits per heavy atom. The fourth-order valence-electron chi connectivity index (χ4n) is 2.52. The van der Waals surface area contributed by atoms with Gasteiger partial charge in [-0.25, -0.2) is 13.2 Å². The van der Waals surface area contributed by atoms with Crippen LogP contribution in [0.25, 0.3) is 0 Å². The number of hydrogen-bond donors (Lipinski definition) is 0.